The first-order valence-corrected chi connectivity index (χ1v) is 6.16. The number of fused-ring (bicyclic) bond motifs is 3. The minimum Gasteiger partial charge on any atom is -0.435 e. The Morgan fingerprint density at radius 3 is 3.11 bits per heavy atom. The van der Waals surface area contributed by atoms with E-state index in [1.165, 1.54) is 0 Å². The molecule has 0 aromatic heterocycles. The van der Waals surface area contributed by atoms with Gasteiger partial charge in [0.2, 0.25) is 0 Å². The van der Waals surface area contributed by atoms with Crippen molar-refractivity contribution >= 4 is 0 Å². The quantitative estimate of drug-likeness (QED) is 0.881. The molecule has 0 saturated carbocycles. The van der Waals surface area contributed by atoms with Crippen molar-refractivity contribution in [3.8, 4) is 5.75 Å². The Kier molecular flexibility index (Phi) is 3.18. The molecule has 2 atom stereocenters. The Balaban J connectivity index is 1.86. The molecule has 1 N–H and O–H groups in total. The standard InChI is InChI=1S/C13H15F2NO2/c14-13(15)18-9-3-4-10-8(6-9)7-17-11-2-1-5-16-12(10)11/h3-4,6,11-13,16H,1-2,5,7H2. The van der Waals surface area contributed by atoms with Gasteiger partial charge in [-0.1, -0.05) is 6.07 Å². The van der Waals surface area contributed by atoms with Crippen molar-refractivity contribution in [1.82, 2.24) is 5.32 Å². The lowest BCUT2D eigenvalue weighted by Crippen LogP contribution is -2.42. The van der Waals surface area contributed by atoms with Crippen LogP contribution >= 0.6 is 0 Å². The van der Waals surface area contributed by atoms with Crippen LogP contribution in [0.2, 0.25) is 0 Å². The van der Waals surface area contributed by atoms with Crippen molar-refractivity contribution in [1.29, 1.82) is 0 Å². The Hall–Kier alpha value is -1.20. The fraction of sp³-hybridized carbons (Fsp3) is 0.538. The first kappa shape index (κ1) is 11.9. The number of ether oxygens (including phenoxy) is 2. The van der Waals surface area contributed by atoms with Crippen molar-refractivity contribution in [3.63, 3.8) is 0 Å². The summed E-state index contributed by atoms with van der Waals surface area (Å²) in [4.78, 5) is 0. The lowest BCUT2D eigenvalue weighted by molar-refractivity contribution is -0.0505. The molecule has 5 heteroatoms. The second-order valence-electron chi connectivity index (χ2n) is 4.66. The van der Waals surface area contributed by atoms with Crippen LogP contribution in [-0.2, 0) is 11.3 Å². The summed E-state index contributed by atoms with van der Waals surface area (Å²) < 4.78 is 34.5. The monoisotopic (exact) mass is 255 g/mol. The van der Waals surface area contributed by atoms with Gasteiger partial charge in [-0.25, -0.2) is 0 Å². The van der Waals surface area contributed by atoms with Crippen molar-refractivity contribution in [2.75, 3.05) is 6.54 Å². The van der Waals surface area contributed by atoms with Gasteiger partial charge in [-0.2, -0.15) is 8.78 Å². The SMILES string of the molecule is FC(F)Oc1ccc2c(c1)COC1CCCNC21. The maximum atomic E-state index is 12.2. The topological polar surface area (TPSA) is 30.5 Å². The van der Waals surface area contributed by atoms with Gasteiger partial charge in [0.25, 0.3) is 0 Å². The third-order valence-corrected chi connectivity index (χ3v) is 3.53. The molecule has 98 valence electrons. The smallest absolute Gasteiger partial charge is 0.387 e. The van der Waals surface area contributed by atoms with E-state index in [1.54, 1.807) is 12.1 Å². The summed E-state index contributed by atoms with van der Waals surface area (Å²) in [7, 11) is 0. The van der Waals surface area contributed by atoms with Crippen molar-refractivity contribution in [3.05, 3.63) is 29.3 Å². The molecule has 2 unspecified atom stereocenters. The van der Waals surface area contributed by atoms with Gasteiger partial charge in [0.05, 0.1) is 18.8 Å². The molecule has 0 radical (unpaired) electrons. The molecule has 18 heavy (non-hydrogen) atoms. The van der Waals surface area contributed by atoms with Crippen LogP contribution in [0.3, 0.4) is 0 Å². The normalized spacial score (nSPS) is 26.6. The van der Waals surface area contributed by atoms with E-state index in [2.05, 4.69) is 10.1 Å². The number of hydrogen-bond donors (Lipinski definition) is 1. The highest BCUT2D eigenvalue weighted by Crippen LogP contribution is 2.35. The predicted octanol–water partition coefficient (Wildman–Crippen LogP) is 2.61. The van der Waals surface area contributed by atoms with E-state index in [9.17, 15) is 8.78 Å². The van der Waals surface area contributed by atoms with Gasteiger partial charge in [-0.15, -0.1) is 0 Å². The summed E-state index contributed by atoms with van der Waals surface area (Å²) in [5.41, 5.74) is 2.08. The zero-order valence-corrected chi connectivity index (χ0v) is 9.86. The van der Waals surface area contributed by atoms with Crippen LogP contribution in [-0.4, -0.2) is 19.3 Å². The number of halogens is 2. The van der Waals surface area contributed by atoms with Gasteiger partial charge >= 0.3 is 6.61 Å². The number of hydrogen-bond acceptors (Lipinski definition) is 3. The maximum absolute atomic E-state index is 12.2. The van der Waals surface area contributed by atoms with E-state index in [0.29, 0.717) is 6.61 Å². The molecule has 1 fully saturated rings. The number of nitrogens with one attached hydrogen (secondary N) is 1. The van der Waals surface area contributed by atoms with Crippen LogP contribution in [0, 0.1) is 0 Å². The molecule has 2 aliphatic rings. The van der Waals surface area contributed by atoms with E-state index in [0.717, 1.165) is 30.5 Å². The van der Waals surface area contributed by atoms with Crippen molar-refractivity contribution in [2.45, 2.75) is 38.2 Å². The molecule has 1 aromatic rings. The summed E-state index contributed by atoms with van der Waals surface area (Å²) in [6.45, 7) is -1.34. The Labute approximate surface area is 104 Å². The fourth-order valence-corrected chi connectivity index (χ4v) is 2.73. The van der Waals surface area contributed by atoms with Crippen LogP contribution in [0.15, 0.2) is 18.2 Å². The average Bonchev–Trinajstić information content (AvgIpc) is 2.37. The maximum Gasteiger partial charge on any atom is 0.387 e. The Morgan fingerprint density at radius 2 is 2.28 bits per heavy atom. The van der Waals surface area contributed by atoms with Gasteiger partial charge in [0, 0.05) is 0 Å². The lowest BCUT2D eigenvalue weighted by atomic mass is 9.89. The van der Waals surface area contributed by atoms with Gasteiger partial charge in [-0.05, 0) is 42.6 Å². The summed E-state index contributed by atoms with van der Waals surface area (Å²) in [6.07, 6.45) is 2.36. The molecule has 2 heterocycles. The molecular formula is C13H15F2NO2. The zero-order chi connectivity index (χ0) is 12.5. The van der Waals surface area contributed by atoms with Crippen LogP contribution in [0.4, 0.5) is 8.78 Å². The summed E-state index contributed by atoms with van der Waals surface area (Å²) in [6, 6.07) is 5.30. The number of alkyl halides is 2. The van der Waals surface area contributed by atoms with Crippen molar-refractivity contribution < 1.29 is 18.3 Å². The first-order chi connectivity index (χ1) is 8.74. The first-order valence-electron chi connectivity index (χ1n) is 6.16. The number of benzene rings is 1. The highest BCUT2D eigenvalue weighted by atomic mass is 19.3. The van der Waals surface area contributed by atoms with Crippen LogP contribution in [0.5, 0.6) is 5.75 Å². The van der Waals surface area contributed by atoms with Crippen LogP contribution in [0.25, 0.3) is 0 Å². The molecular weight excluding hydrogens is 240 g/mol. The predicted molar refractivity (Wildman–Crippen MR) is 61.6 cm³/mol. The second kappa shape index (κ2) is 4.82. The van der Waals surface area contributed by atoms with Gasteiger partial charge in [0.1, 0.15) is 5.75 Å². The number of piperidine rings is 1. The summed E-state index contributed by atoms with van der Waals surface area (Å²) >= 11 is 0. The molecule has 0 amide bonds. The summed E-state index contributed by atoms with van der Waals surface area (Å²) in [5.74, 6) is 0.196. The molecule has 0 bridgehead atoms. The molecule has 3 nitrogen and oxygen atoms in total. The van der Waals surface area contributed by atoms with Gasteiger partial charge < -0.3 is 14.8 Å². The minimum absolute atomic E-state index is 0.183. The molecule has 1 aromatic carbocycles. The van der Waals surface area contributed by atoms with E-state index >= 15 is 0 Å². The molecule has 1 saturated heterocycles. The fourth-order valence-electron chi connectivity index (χ4n) is 2.73. The van der Waals surface area contributed by atoms with E-state index < -0.39 is 6.61 Å². The molecule has 0 spiro atoms. The highest BCUT2D eigenvalue weighted by Gasteiger charge is 2.32. The van der Waals surface area contributed by atoms with E-state index in [4.69, 9.17) is 4.74 Å². The largest absolute Gasteiger partial charge is 0.435 e. The van der Waals surface area contributed by atoms with E-state index in [-0.39, 0.29) is 17.9 Å². The molecule has 2 aliphatic heterocycles. The Morgan fingerprint density at radius 1 is 1.39 bits per heavy atom. The minimum atomic E-state index is -2.78. The highest BCUT2D eigenvalue weighted by molar-refractivity contribution is 5.39. The molecule has 0 aliphatic carbocycles. The second-order valence-corrected chi connectivity index (χ2v) is 4.66. The lowest BCUT2D eigenvalue weighted by Gasteiger charge is -2.37. The van der Waals surface area contributed by atoms with Crippen molar-refractivity contribution in [2.24, 2.45) is 0 Å². The third-order valence-electron chi connectivity index (χ3n) is 3.53. The summed E-state index contributed by atoms with van der Waals surface area (Å²) in [5, 5.41) is 3.42. The number of rotatable bonds is 2. The molecule has 3 rings (SSSR count). The van der Waals surface area contributed by atoms with Gasteiger partial charge in [-0.3, -0.25) is 0 Å². The zero-order valence-electron chi connectivity index (χ0n) is 9.86. The van der Waals surface area contributed by atoms with E-state index in [1.807, 2.05) is 6.07 Å². The van der Waals surface area contributed by atoms with Crippen LogP contribution < -0.4 is 10.1 Å². The third kappa shape index (κ3) is 2.20. The Bertz CT molecular complexity index is 439. The average molecular weight is 255 g/mol. The van der Waals surface area contributed by atoms with Crippen LogP contribution in [0.1, 0.15) is 30.0 Å². The van der Waals surface area contributed by atoms with Gasteiger partial charge in [0.15, 0.2) is 0 Å².